The molecule has 21 heavy (non-hydrogen) atoms. The third-order valence-electron chi connectivity index (χ3n) is 3.27. The summed E-state index contributed by atoms with van der Waals surface area (Å²) in [6.45, 7) is 2.16. The second-order valence-corrected chi connectivity index (χ2v) is 4.64. The first-order valence-corrected chi connectivity index (χ1v) is 6.87. The van der Waals surface area contributed by atoms with Gasteiger partial charge in [0, 0.05) is 18.1 Å². The summed E-state index contributed by atoms with van der Waals surface area (Å²) in [5.41, 5.74) is 0.991. The quantitative estimate of drug-likeness (QED) is 0.693. The summed E-state index contributed by atoms with van der Waals surface area (Å²) in [5, 5.41) is 5.39. The molecule has 0 fully saturated rings. The number of anilines is 1. The summed E-state index contributed by atoms with van der Waals surface area (Å²) in [5.74, 6) is 0.332. The van der Waals surface area contributed by atoms with Gasteiger partial charge >= 0.3 is 5.97 Å². The van der Waals surface area contributed by atoms with Gasteiger partial charge in [-0.1, -0.05) is 30.3 Å². The SMILES string of the molecule is CCOC(=O)/C=C1/NC=CN1c1ccc2ccccc2c1. The Kier molecular flexibility index (Phi) is 3.60. The van der Waals surface area contributed by atoms with E-state index in [1.54, 1.807) is 13.1 Å². The van der Waals surface area contributed by atoms with E-state index < -0.39 is 0 Å². The van der Waals surface area contributed by atoms with Crippen molar-refractivity contribution >= 4 is 22.4 Å². The lowest BCUT2D eigenvalue weighted by Gasteiger charge is -2.18. The summed E-state index contributed by atoms with van der Waals surface area (Å²) in [6.07, 6.45) is 5.13. The van der Waals surface area contributed by atoms with E-state index in [1.807, 2.05) is 29.3 Å². The number of carbonyl (C=O) groups excluding carboxylic acids is 1. The zero-order valence-corrected chi connectivity index (χ0v) is 11.7. The molecule has 0 radical (unpaired) electrons. The maximum atomic E-state index is 11.6. The van der Waals surface area contributed by atoms with E-state index in [1.165, 1.54) is 11.5 Å². The van der Waals surface area contributed by atoms with E-state index >= 15 is 0 Å². The van der Waals surface area contributed by atoms with Gasteiger partial charge in [0.15, 0.2) is 0 Å². The first-order valence-electron chi connectivity index (χ1n) is 6.87. The van der Waals surface area contributed by atoms with Gasteiger partial charge in [0.25, 0.3) is 0 Å². The Bertz CT molecular complexity index is 734. The van der Waals surface area contributed by atoms with Crippen LogP contribution in [-0.4, -0.2) is 12.6 Å². The number of nitrogens with one attached hydrogen (secondary N) is 1. The largest absolute Gasteiger partial charge is 0.463 e. The fraction of sp³-hybridized carbons (Fsp3) is 0.118. The van der Waals surface area contributed by atoms with Crippen LogP contribution in [0, 0.1) is 0 Å². The van der Waals surface area contributed by atoms with Gasteiger partial charge in [0.2, 0.25) is 0 Å². The Labute approximate surface area is 123 Å². The molecule has 1 heterocycles. The molecule has 2 aromatic carbocycles. The molecule has 0 saturated carbocycles. The van der Waals surface area contributed by atoms with Crippen LogP contribution in [0.15, 0.2) is 66.8 Å². The van der Waals surface area contributed by atoms with Crippen LogP contribution in [-0.2, 0) is 9.53 Å². The summed E-state index contributed by atoms with van der Waals surface area (Å²) < 4.78 is 4.95. The molecular formula is C17H16N2O2. The topological polar surface area (TPSA) is 41.6 Å². The molecule has 0 aromatic heterocycles. The highest BCUT2D eigenvalue weighted by Crippen LogP contribution is 2.26. The second kappa shape index (κ2) is 5.71. The Balaban J connectivity index is 1.93. The van der Waals surface area contributed by atoms with Crippen molar-refractivity contribution in [3.05, 3.63) is 66.8 Å². The third-order valence-corrected chi connectivity index (χ3v) is 3.27. The predicted molar refractivity (Wildman–Crippen MR) is 83.4 cm³/mol. The Hall–Kier alpha value is -2.75. The third kappa shape index (κ3) is 2.74. The van der Waals surface area contributed by atoms with Crippen LogP contribution in [0.3, 0.4) is 0 Å². The van der Waals surface area contributed by atoms with Gasteiger partial charge in [-0.2, -0.15) is 0 Å². The van der Waals surface area contributed by atoms with Crippen LogP contribution < -0.4 is 10.2 Å². The average Bonchev–Trinajstić information content (AvgIpc) is 2.95. The molecule has 0 aliphatic carbocycles. The van der Waals surface area contributed by atoms with Crippen molar-refractivity contribution in [2.75, 3.05) is 11.5 Å². The van der Waals surface area contributed by atoms with Crippen LogP contribution in [0.4, 0.5) is 5.69 Å². The zero-order chi connectivity index (χ0) is 14.7. The number of rotatable bonds is 3. The first kappa shape index (κ1) is 13.2. The lowest BCUT2D eigenvalue weighted by atomic mass is 10.1. The standard InChI is InChI=1S/C17H16N2O2/c1-2-21-17(20)12-16-18-9-10-19(16)15-8-7-13-5-3-4-6-14(13)11-15/h3-12,18H,2H2,1H3/b16-12-. The summed E-state index contributed by atoms with van der Waals surface area (Å²) in [6, 6.07) is 14.4. The molecule has 1 aliphatic rings. The first-order chi connectivity index (χ1) is 10.3. The molecule has 0 spiro atoms. The minimum atomic E-state index is -0.352. The Morgan fingerprint density at radius 1 is 1.24 bits per heavy atom. The molecule has 2 aromatic rings. The lowest BCUT2D eigenvalue weighted by Crippen LogP contribution is -2.19. The number of carbonyl (C=O) groups is 1. The number of fused-ring (bicyclic) bond motifs is 1. The molecule has 0 amide bonds. The van der Waals surface area contributed by atoms with Gasteiger partial charge in [-0.05, 0) is 29.8 Å². The summed E-state index contributed by atoms with van der Waals surface area (Å²) >= 11 is 0. The van der Waals surface area contributed by atoms with Crippen LogP contribution in [0.5, 0.6) is 0 Å². The minimum absolute atomic E-state index is 0.352. The van der Waals surface area contributed by atoms with Crippen molar-refractivity contribution in [2.24, 2.45) is 0 Å². The van der Waals surface area contributed by atoms with Crippen molar-refractivity contribution in [1.29, 1.82) is 0 Å². The number of ether oxygens (including phenoxy) is 1. The molecule has 106 valence electrons. The van der Waals surface area contributed by atoms with Crippen molar-refractivity contribution in [3.8, 4) is 0 Å². The molecule has 0 saturated heterocycles. The van der Waals surface area contributed by atoms with E-state index in [9.17, 15) is 4.79 Å². The van der Waals surface area contributed by atoms with Gasteiger partial charge in [-0.3, -0.25) is 0 Å². The number of benzene rings is 2. The van der Waals surface area contributed by atoms with Crippen molar-refractivity contribution in [3.63, 3.8) is 0 Å². The van der Waals surface area contributed by atoms with Crippen LogP contribution in [0.1, 0.15) is 6.92 Å². The van der Waals surface area contributed by atoms with Crippen molar-refractivity contribution in [2.45, 2.75) is 6.92 Å². The molecule has 1 N–H and O–H groups in total. The van der Waals surface area contributed by atoms with E-state index in [0.29, 0.717) is 12.4 Å². The van der Waals surface area contributed by atoms with Gasteiger partial charge in [-0.15, -0.1) is 0 Å². The van der Waals surface area contributed by atoms with Gasteiger partial charge < -0.3 is 15.0 Å². The number of hydrogen-bond donors (Lipinski definition) is 1. The molecule has 4 heteroatoms. The summed E-state index contributed by atoms with van der Waals surface area (Å²) in [7, 11) is 0. The molecule has 0 atom stereocenters. The smallest absolute Gasteiger partial charge is 0.334 e. The number of esters is 1. The molecule has 1 aliphatic heterocycles. The highest BCUT2D eigenvalue weighted by molar-refractivity contribution is 5.88. The van der Waals surface area contributed by atoms with Gasteiger partial charge in [0.05, 0.1) is 12.7 Å². The van der Waals surface area contributed by atoms with Crippen LogP contribution >= 0.6 is 0 Å². The maximum absolute atomic E-state index is 11.6. The molecule has 0 unspecified atom stereocenters. The van der Waals surface area contributed by atoms with Crippen LogP contribution in [0.2, 0.25) is 0 Å². The van der Waals surface area contributed by atoms with E-state index in [2.05, 4.69) is 29.6 Å². The predicted octanol–water partition coefficient (Wildman–Crippen LogP) is 3.13. The maximum Gasteiger partial charge on any atom is 0.334 e. The van der Waals surface area contributed by atoms with E-state index in [4.69, 9.17) is 4.74 Å². The minimum Gasteiger partial charge on any atom is -0.463 e. The number of nitrogens with zero attached hydrogens (tertiary/aromatic N) is 1. The average molecular weight is 280 g/mol. The fourth-order valence-corrected chi connectivity index (χ4v) is 2.31. The van der Waals surface area contributed by atoms with Gasteiger partial charge in [-0.25, -0.2) is 4.79 Å². The van der Waals surface area contributed by atoms with E-state index in [0.717, 1.165) is 11.1 Å². The highest BCUT2D eigenvalue weighted by atomic mass is 16.5. The molecular weight excluding hydrogens is 264 g/mol. The summed E-state index contributed by atoms with van der Waals surface area (Å²) in [4.78, 5) is 13.5. The van der Waals surface area contributed by atoms with Crippen molar-refractivity contribution in [1.82, 2.24) is 5.32 Å². The lowest BCUT2D eigenvalue weighted by molar-refractivity contribution is -0.137. The second-order valence-electron chi connectivity index (χ2n) is 4.64. The fourth-order valence-electron chi connectivity index (χ4n) is 2.31. The monoisotopic (exact) mass is 280 g/mol. The molecule has 3 rings (SSSR count). The normalized spacial score (nSPS) is 15.5. The van der Waals surface area contributed by atoms with Crippen LogP contribution in [0.25, 0.3) is 10.8 Å². The van der Waals surface area contributed by atoms with Crippen molar-refractivity contribution < 1.29 is 9.53 Å². The van der Waals surface area contributed by atoms with E-state index in [-0.39, 0.29) is 5.97 Å². The molecule has 4 nitrogen and oxygen atoms in total. The Morgan fingerprint density at radius 3 is 2.86 bits per heavy atom. The van der Waals surface area contributed by atoms with Gasteiger partial charge in [0.1, 0.15) is 5.82 Å². The molecule has 0 bridgehead atoms. The Morgan fingerprint density at radius 2 is 2.05 bits per heavy atom. The highest BCUT2D eigenvalue weighted by Gasteiger charge is 2.15. The number of hydrogen-bond acceptors (Lipinski definition) is 4. The zero-order valence-electron chi connectivity index (χ0n) is 11.7.